The second kappa shape index (κ2) is 4.39. The third kappa shape index (κ3) is 2.32. The molecular formula is C9H7Cl3O2. The number of hydrogen-bond donors (Lipinski definition) is 1. The normalized spacial score (nSPS) is 10.3. The molecule has 0 aliphatic rings. The minimum absolute atomic E-state index is 0.199. The number of benzene rings is 1. The molecule has 0 heterocycles. The van der Waals surface area contributed by atoms with Crippen LogP contribution in [0.5, 0.6) is 0 Å². The molecule has 2 nitrogen and oxygen atoms in total. The van der Waals surface area contributed by atoms with Crippen molar-refractivity contribution >= 4 is 40.8 Å². The Morgan fingerprint density at radius 2 is 1.93 bits per heavy atom. The van der Waals surface area contributed by atoms with E-state index in [1.54, 1.807) is 6.92 Å². The summed E-state index contributed by atoms with van der Waals surface area (Å²) in [7, 11) is 0. The Labute approximate surface area is 96.4 Å². The van der Waals surface area contributed by atoms with Gasteiger partial charge in [0.15, 0.2) is 0 Å². The van der Waals surface area contributed by atoms with Gasteiger partial charge in [0.25, 0.3) is 0 Å². The Hall–Kier alpha value is -0.440. The van der Waals surface area contributed by atoms with Gasteiger partial charge in [-0.05, 0) is 18.6 Å². The molecule has 0 fully saturated rings. The molecule has 1 aromatic carbocycles. The minimum atomic E-state index is -0.976. The quantitative estimate of drug-likeness (QED) is 0.874. The van der Waals surface area contributed by atoms with E-state index in [0.29, 0.717) is 21.2 Å². The molecule has 76 valence electrons. The monoisotopic (exact) mass is 252 g/mol. The van der Waals surface area contributed by atoms with Gasteiger partial charge in [0.05, 0.1) is 11.4 Å². The van der Waals surface area contributed by atoms with Crippen LogP contribution in [0, 0.1) is 6.92 Å². The predicted octanol–water partition coefficient (Wildman–Crippen LogP) is 3.58. The van der Waals surface area contributed by atoms with E-state index in [1.165, 1.54) is 6.07 Å². The van der Waals surface area contributed by atoms with Crippen molar-refractivity contribution in [3.8, 4) is 0 Å². The number of aliphatic carboxylic acids is 1. The van der Waals surface area contributed by atoms with Crippen molar-refractivity contribution in [1.82, 2.24) is 0 Å². The van der Waals surface area contributed by atoms with Gasteiger partial charge in [-0.1, -0.05) is 34.8 Å². The van der Waals surface area contributed by atoms with Gasteiger partial charge in [-0.3, -0.25) is 4.79 Å². The van der Waals surface area contributed by atoms with Crippen LogP contribution in [0.2, 0.25) is 15.1 Å². The molecule has 0 amide bonds. The summed E-state index contributed by atoms with van der Waals surface area (Å²) in [5.41, 5.74) is 1.05. The zero-order valence-electron chi connectivity index (χ0n) is 7.27. The van der Waals surface area contributed by atoms with E-state index >= 15 is 0 Å². The molecule has 0 saturated heterocycles. The molecule has 0 unspecified atom stereocenters. The molecule has 0 radical (unpaired) electrons. The second-order valence-electron chi connectivity index (χ2n) is 2.83. The van der Waals surface area contributed by atoms with Crippen LogP contribution >= 0.6 is 34.8 Å². The molecule has 1 N–H and O–H groups in total. The van der Waals surface area contributed by atoms with Crippen LogP contribution in [0.25, 0.3) is 0 Å². The summed E-state index contributed by atoms with van der Waals surface area (Å²) in [6.07, 6.45) is -0.199. The summed E-state index contributed by atoms with van der Waals surface area (Å²) in [6.45, 7) is 1.71. The van der Waals surface area contributed by atoms with E-state index < -0.39 is 5.97 Å². The Kier molecular flexibility index (Phi) is 3.65. The van der Waals surface area contributed by atoms with E-state index in [9.17, 15) is 4.79 Å². The van der Waals surface area contributed by atoms with Crippen LogP contribution in [-0.4, -0.2) is 11.1 Å². The number of rotatable bonds is 2. The van der Waals surface area contributed by atoms with E-state index in [0.717, 1.165) is 0 Å². The maximum absolute atomic E-state index is 10.5. The maximum Gasteiger partial charge on any atom is 0.307 e. The summed E-state index contributed by atoms with van der Waals surface area (Å²) in [4.78, 5) is 10.5. The average Bonchev–Trinajstić information content (AvgIpc) is 2.09. The molecule has 14 heavy (non-hydrogen) atoms. The first-order valence-corrected chi connectivity index (χ1v) is 4.91. The van der Waals surface area contributed by atoms with Crippen LogP contribution in [0.4, 0.5) is 0 Å². The molecule has 0 atom stereocenters. The molecule has 0 spiro atoms. The first-order chi connectivity index (χ1) is 6.43. The lowest BCUT2D eigenvalue weighted by atomic mass is 10.1. The number of halogens is 3. The Morgan fingerprint density at radius 3 is 2.43 bits per heavy atom. The Bertz CT molecular complexity index is 388. The first kappa shape index (κ1) is 11.6. The third-order valence-corrected chi connectivity index (χ3v) is 3.06. The summed E-state index contributed by atoms with van der Waals surface area (Å²) < 4.78 is 0. The van der Waals surface area contributed by atoms with Crippen LogP contribution in [-0.2, 0) is 11.2 Å². The summed E-state index contributed by atoms with van der Waals surface area (Å²) in [6, 6.07) is 1.50. The molecular weight excluding hydrogens is 246 g/mol. The van der Waals surface area contributed by atoms with Gasteiger partial charge < -0.3 is 5.11 Å². The molecule has 1 aromatic rings. The summed E-state index contributed by atoms with van der Waals surface area (Å²) >= 11 is 17.5. The fourth-order valence-electron chi connectivity index (χ4n) is 1.06. The zero-order chi connectivity index (χ0) is 10.9. The summed E-state index contributed by atoms with van der Waals surface area (Å²) in [5.74, 6) is -0.976. The smallest absolute Gasteiger partial charge is 0.307 e. The van der Waals surface area contributed by atoms with Crippen molar-refractivity contribution in [3.05, 3.63) is 32.3 Å². The second-order valence-corrected chi connectivity index (χ2v) is 4.02. The third-order valence-electron chi connectivity index (χ3n) is 1.82. The molecule has 0 aliphatic carbocycles. The SMILES string of the molecule is Cc1c(Cl)cc(Cl)c(CC(=O)O)c1Cl. The van der Waals surface area contributed by atoms with Crippen LogP contribution in [0.3, 0.4) is 0 Å². The molecule has 0 bridgehead atoms. The highest BCUT2D eigenvalue weighted by Gasteiger charge is 2.14. The highest BCUT2D eigenvalue weighted by atomic mass is 35.5. The average molecular weight is 254 g/mol. The van der Waals surface area contributed by atoms with Crippen LogP contribution < -0.4 is 0 Å². The lowest BCUT2D eigenvalue weighted by Gasteiger charge is -2.08. The molecule has 0 saturated carbocycles. The van der Waals surface area contributed by atoms with Gasteiger partial charge in [0.2, 0.25) is 0 Å². The van der Waals surface area contributed by atoms with Crippen molar-refractivity contribution in [3.63, 3.8) is 0 Å². The van der Waals surface area contributed by atoms with Gasteiger partial charge in [-0.2, -0.15) is 0 Å². The number of carbonyl (C=O) groups is 1. The van der Waals surface area contributed by atoms with Crippen molar-refractivity contribution in [2.45, 2.75) is 13.3 Å². The van der Waals surface area contributed by atoms with Crippen LogP contribution in [0.15, 0.2) is 6.07 Å². The fraction of sp³-hybridized carbons (Fsp3) is 0.222. The molecule has 1 rings (SSSR count). The lowest BCUT2D eigenvalue weighted by molar-refractivity contribution is -0.136. The van der Waals surface area contributed by atoms with E-state index in [2.05, 4.69) is 0 Å². The fourth-order valence-corrected chi connectivity index (χ4v) is 1.95. The number of hydrogen-bond acceptors (Lipinski definition) is 1. The zero-order valence-corrected chi connectivity index (χ0v) is 9.54. The van der Waals surface area contributed by atoms with Crippen molar-refractivity contribution in [2.24, 2.45) is 0 Å². The summed E-state index contributed by atoms with van der Waals surface area (Å²) in [5, 5.41) is 9.67. The minimum Gasteiger partial charge on any atom is -0.481 e. The van der Waals surface area contributed by atoms with Gasteiger partial charge >= 0.3 is 5.97 Å². The Morgan fingerprint density at radius 1 is 1.36 bits per heavy atom. The van der Waals surface area contributed by atoms with E-state index in [4.69, 9.17) is 39.9 Å². The van der Waals surface area contributed by atoms with Crippen molar-refractivity contribution in [2.75, 3.05) is 0 Å². The van der Waals surface area contributed by atoms with Crippen molar-refractivity contribution in [1.29, 1.82) is 0 Å². The number of carboxylic acid groups (broad SMARTS) is 1. The molecule has 0 aromatic heterocycles. The van der Waals surface area contributed by atoms with Gasteiger partial charge in [-0.15, -0.1) is 0 Å². The van der Waals surface area contributed by atoms with Gasteiger partial charge in [0, 0.05) is 15.6 Å². The standard InChI is InChI=1S/C9H7Cl3O2/c1-4-6(10)3-7(11)5(9(4)12)2-8(13)14/h3H,2H2,1H3,(H,13,14). The lowest BCUT2D eigenvalue weighted by Crippen LogP contribution is -2.02. The molecule has 5 heteroatoms. The van der Waals surface area contributed by atoms with Crippen molar-refractivity contribution < 1.29 is 9.90 Å². The highest BCUT2D eigenvalue weighted by molar-refractivity contribution is 6.40. The Balaban J connectivity index is 3.29. The van der Waals surface area contributed by atoms with E-state index in [-0.39, 0.29) is 11.4 Å². The molecule has 0 aliphatic heterocycles. The largest absolute Gasteiger partial charge is 0.481 e. The topological polar surface area (TPSA) is 37.3 Å². The van der Waals surface area contributed by atoms with E-state index in [1.807, 2.05) is 0 Å². The maximum atomic E-state index is 10.5. The van der Waals surface area contributed by atoms with Gasteiger partial charge in [0.1, 0.15) is 0 Å². The number of carboxylic acids is 1. The van der Waals surface area contributed by atoms with Crippen LogP contribution in [0.1, 0.15) is 11.1 Å². The predicted molar refractivity (Wildman–Crippen MR) is 57.5 cm³/mol. The van der Waals surface area contributed by atoms with Gasteiger partial charge in [-0.25, -0.2) is 0 Å². The highest BCUT2D eigenvalue weighted by Crippen LogP contribution is 2.33. The first-order valence-electron chi connectivity index (χ1n) is 3.78.